The number of ether oxygens (including phenoxy) is 2. The Morgan fingerprint density at radius 3 is 2.65 bits per heavy atom. The molecule has 0 fully saturated rings. The molecule has 1 amide bonds. The van der Waals surface area contributed by atoms with Crippen molar-refractivity contribution in [3.8, 4) is 11.5 Å². The Labute approximate surface area is 134 Å². The third-order valence-electron chi connectivity index (χ3n) is 3.42. The Balaban J connectivity index is 1.76. The van der Waals surface area contributed by atoms with Crippen molar-refractivity contribution in [3.63, 3.8) is 0 Å². The Hall–Kier alpha value is -2.54. The second-order valence-corrected chi connectivity index (χ2v) is 7.12. The Morgan fingerprint density at radius 2 is 1.87 bits per heavy atom. The Morgan fingerprint density at radius 1 is 1.13 bits per heavy atom. The van der Waals surface area contributed by atoms with Crippen LogP contribution >= 0.6 is 0 Å². The lowest BCUT2D eigenvalue weighted by atomic mass is 10.1. The second kappa shape index (κ2) is 5.92. The summed E-state index contributed by atoms with van der Waals surface area (Å²) in [6.07, 6.45) is 1.08. The largest absolute Gasteiger partial charge is 0.454 e. The number of hydrogen-bond acceptors (Lipinski definition) is 5. The summed E-state index contributed by atoms with van der Waals surface area (Å²) in [4.78, 5) is 12.3. The molecule has 1 aliphatic heterocycles. The standard InChI is InChI=1S/C16H15NO5S/c1-23(19,20)15-5-3-2-4-12(15)16(18)17-9-11-6-7-13-14(8-11)22-10-21-13/h2-8H,9-10H2,1H3,(H,17,18). The SMILES string of the molecule is CS(=O)(=O)c1ccccc1C(=O)NCc1ccc2c(c1)OCO2. The molecule has 0 saturated heterocycles. The lowest BCUT2D eigenvalue weighted by molar-refractivity contribution is 0.0947. The fourth-order valence-electron chi connectivity index (χ4n) is 2.31. The van der Waals surface area contributed by atoms with Gasteiger partial charge in [0.15, 0.2) is 21.3 Å². The van der Waals surface area contributed by atoms with Gasteiger partial charge in [0.1, 0.15) is 0 Å². The third-order valence-corrected chi connectivity index (χ3v) is 4.58. The summed E-state index contributed by atoms with van der Waals surface area (Å²) in [6, 6.07) is 11.5. The number of sulfone groups is 1. The van der Waals surface area contributed by atoms with Crippen molar-refractivity contribution in [1.29, 1.82) is 0 Å². The number of fused-ring (bicyclic) bond motifs is 1. The molecule has 1 heterocycles. The molecule has 0 aliphatic carbocycles. The Bertz CT molecular complexity index is 861. The van der Waals surface area contributed by atoms with Gasteiger partial charge in [0.2, 0.25) is 6.79 Å². The molecule has 1 N–H and O–H groups in total. The van der Waals surface area contributed by atoms with Gasteiger partial charge in [0, 0.05) is 12.8 Å². The summed E-state index contributed by atoms with van der Waals surface area (Å²) in [5.74, 6) is 0.861. The van der Waals surface area contributed by atoms with E-state index in [1.165, 1.54) is 12.1 Å². The van der Waals surface area contributed by atoms with Crippen molar-refractivity contribution in [2.45, 2.75) is 11.4 Å². The molecule has 7 heteroatoms. The van der Waals surface area contributed by atoms with Crippen LogP contribution in [0.25, 0.3) is 0 Å². The number of carbonyl (C=O) groups is 1. The van der Waals surface area contributed by atoms with Gasteiger partial charge in [-0.15, -0.1) is 0 Å². The number of nitrogens with one attached hydrogen (secondary N) is 1. The summed E-state index contributed by atoms with van der Waals surface area (Å²) < 4.78 is 34.0. The highest BCUT2D eigenvalue weighted by molar-refractivity contribution is 7.90. The first-order valence-electron chi connectivity index (χ1n) is 6.91. The smallest absolute Gasteiger partial charge is 0.252 e. The molecule has 0 aromatic heterocycles. The molecule has 3 rings (SSSR count). The van der Waals surface area contributed by atoms with Crippen molar-refractivity contribution >= 4 is 15.7 Å². The average Bonchev–Trinajstić information content (AvgIpc) is 2.99. The van der Waals surface area contributed by atoms with Crippen LogP contribution in [0.1, 0.15) is 15.9 Å². The van der Waals surface area contributed by atoms with Gasteiger partial charge in [-0.25, -0.2) is 8.42 Å². The predicted molar refractivity (Wildman–Crippen MR) is 83.3 cm³/mol. The molecule has 120 valence electrons. The maximum Gasteiger partial charge on any atom is 0.252 e. The van der Waals surface area contributed by atoms with E-state index in [0.29, 0.717) is 11.5 Å². The highest BCUT2D eigenvalue weighted by atomic mass is 32.2. The molecular formula is C16H15NO5S. The number of hydrogen-bond donors (Lipinski definition) is 1. The predicted octanol–water partition coefficient (Wildman–Crippen LogP) is 1.75. The Kier molecular flexibility index (Phi) is 3.96. The van der Waals surface area contributed by atoms with Gasteiger partial charge >= 0.3 is 0 Å². The van der Waals surface area contributed by atoms with Crippen molar-refractivity contribution in [2.75, 3.05) is 13.0 Å². The third kappa shape index (κ3) is 3.29. The molecule has 6 nitrogen and oxygen atoms in total. The molecule has 0 bridgehead atoms. The van der Waals surface area contributed by atoms with Gasteiger partial charge in [-0.05, 0) is 29.8 Å². The summed E-state index contributed by atoms with van der Waals surface area (Å²) in [7, 11) is -3.47. The van der Waals surface area contributed by atoms with E-state index in [-0.39, 0.29) is 23.8 Å². The van der Waals surface area contributed by atoms with Crippen molar-refractivity contribution in [1.82, 2.24) is 5.32 Å². The fraction of sp³-hybridized carbons (Fsp3) is 0.188. The number of carbonyl (C=O) groups excluding carboxylic acids is 1. The minimum absolute atomic E-state index is 0.0168. The van der Waals surface area contributed by atoms with Crippen LogP contribution in [-0.2, 0) is 16.4 Å². The minimum atomic E-state index is -3.47. The zero-order valence-corrected chi connectivity index (χ0v) is 13.2. The molecule has 23 heavy (non-hydrogen) atoms. The van der Waals surface area contributed by atoms with E-state index < -0.39 is 15.7 Å². The molecule has 1 aliphatic rings. The van der Waals surface area contributed by atoms with Gasteiger partial charge in [-0.2, -0.15) is 0 Å². The zero-order chi connectivity index (χ0) is 16.4. The first kappa shape index (κ1) is 15.4. The number of rotatable bonds is 4. The normalized spacial score (nSPS) is 12.9. The van der Waals surface area contributed by atoms with Gasteiger partial charge in [0.25, 0.3) is 5.91 Å². The number of amides is 1. The van der Waals surface area contributed by atoms with E-state index in [4.69, 9.17) is 9.47 Å². The van der Waals surface area contributed by atoms with Crippen LogP contribution in [0.2, 0.25) is 0 Å². The number of benzene rings is 2. The van der Waals surface area contributed by atoms with Gasteiger partial charge in [-0.3, -0.25) is 4.79 Å². The lowest BCUT2D eigenvalue weighted by Gasteiger charge is -2.09. The van der Waals surface area contributed by atoms with Gasteiger partial charge < -0.3 is 14.8 Å². The molecule has 0 saturated carbocycles. The molecule has 2 aromatic rings. The maximum absolute atomic E-state index is 12.3. The minimum Gasteiger partial charge on any atom is -0.454 e. The monoisotopic (exact) mass is 333 g/mol. The second-order valence-electron chi connectivity index (χ2n) is 5.14. The van der Waals surface area contributed by atoms with Gasteiger partial charge in [0.05, 0.1) is 10.5 Å². The van der Waals surface area contributed by atoms with Crippen LogP contribution in [0.4, 0.5) is 0 Å². The first-order chi connectivity index (χ1) is 10.9. The highest BCUT2D eigenvalue weighted by Gasteiger charge is 2.18. The molecule has 0 spiro atoms. The van der Waals surface area contributed by atoms with Crippen LogP contribution in [0.3, 0.4) is 0 Å². The van der Waals surface area contributed by atoms with E-state index >= 15 is 0 Å². The summed E-state index contributed by atoms with van der Waals surface area (Å²) in [6.45, 7) is 0.445. The lowest BCUT2D eigenvalue weighted by Crippen LogP contribution is -2.24. The van der Waals surface area contributed by atoms with Crippen LogP contribution in [0.5, 0.6) is 11.5 Å². The first-order valence-corrected chi connectivity index (χ1v) is 8.80. The van der Waals surface area contributed by atoms with Crippen LogP contribution in [0, 0.1) is 0 Å². The van der Waals surface area contributed by atoms with E-state index in [1.54, 1.807) is 24.3 Å². The van der Waals surface area contributed by atoms with E-state index in [9.17, 15) is 13.2 Å². The molecule has 2 aromatic carbocycles. The fourth-order valence-corrected chi connectivity index (χ4v) is 3.19. The average molecular weight is 333 g/mol. The molecule has 0 radical (unpaired) electrons. The summed E-state index contributed by atoms with van der Waals surface area (Å²) >= 11 is 0. The quantitative estimate of drug-likeness (QED) is 0.922. The van der Waals surface area contributed by atoms with E-state index in [0.717, 1.165) is 11.8 Å². The molecular weight excluding hydrogens is 318 g/mol. The van der Waals surface area contributed by atoms with Crippen LogP contribution < -0.4 is 14.8 Å². The molecule has 0 unspecified atom stereocenters. The van der Waals surface area contributed by atoms with Crippen molar-refractivity contribution < 1.29 is 22.7 Å². The molecule has 0 atom stereocenters. The van der Waals surface area contributed by atoms with E-state index in [1.807, 2.05) is 6.07 Å². The van der Waals surface area contributed by atoms with Crippen LogP contribution in [0.15, 0.2) is 47.4 Å². The summed E-state index contributed by atoms with van der Waals surface area (Å²) in [5.41, 5.74) is 0.968. The van der Waals surface area contributed by atoms with Crippen molar-refractivity contribution in [3.05, 3.63) is 53.6 Å². The van der Waals surface area contributed by atoms with Crippen LogP contribution in [-0.4, -0.2) is 27.4 Å². The van der Waals surface area contributed by atoms with E-state index in [2.05, 4.69) is 5.32 Å². The topological polar surface area (TPSA) is 81.7 Å². The van der Waals surface area contributed by atoms with Gasteiger partial charge in [-0.1, -0.05) is 18.2 Å². The maximum atomic E-state index is 12.3. The summed E-state index contributed by atoms with van der Waals surface area (Å²) in [5, 5.41) is 2.72. The zero-order valence-electron chi connectivity index (χ0n) is 12.4. The highest BCUT2D eigenvalue weighted by Crippen LogP contribution is 2.32. The van der Waals surface area contributed by atoms with Crippen molar-refractivity contribution in [2.24, 2.45) is 0 Å².